The van der Waals surface area contributed by atoms with E-state index in [4.69, 9.17) is 34.7 Å². The molecule has 4 N–H and O–H groups in total. The van der Waals surface area contributed by atoms with Crippen molar-refractivity contribution in [1.82, 2.24) is 0 Å². The number of halogens is 2. The van der Waals surface area contributed by atoms with E-state index in [1.54, 1.807) is 6.07 Å². The number of ether oxygens (including phenoxy) is 1. The maximum absolute atomic E-state index is 11.5. The summed E-state index contributed by atoms with van der Waals surface area (Å²) in [5.74, 6) is -3.09. The van der Waals surface area contributed by atoms with Gasteiger partial charge in [-0.1, -0.05) is 29.3 Å². The molecule has 102 valence electrons. The second-order valence-corrected chi connectivity index (χ2v) is 4.41. The van der Waals surface area contributed by atoms with Crippen molar-refractivity contribution >= 4 is 41.0 Å². The van der Waals surface area contributed by atoms with Gasteiger partial charge in [0.05, 0.1) is 16.5 Å². The van der Waals surface area contributed by atoms with E-state index in [-0.39, 0.29) is 11.4 Å². The molecule has 0 aromatic heterocycles. The van der Waals surface area contributed by atoms with E-state index in [9.17, 15) is 14.4 Å². The van der Waals surface area contributed by atoms with Gasteiger partial charge in [-0.3, -0.25) is 14.4 Å². The first kappa shape index (κ1) is 15.3. The van der Waals surface area contributed by atoms with Crippen LogP contribution in [0.4, 0.5) is 0 Å². The zero-order valence-electron chi connectivity index (χ0n) is 9.56. The molecule has 0 radical (unpaired) electrons. The molecule has 0 unspecified atom stereocenters. The molecule has 0 aliphatic rings. The van der Waals surface area contributed by atoms with Crippen LogP contribution in [0.25, 0.3) is 0 Å². The number of carbonyl (C=O) groups is 3. The molecule has 0 aliphatic heterocycles. The van der Waals surface area contributed by atoms with Gasteiger partial charge in [0, 0.05) is 0 Å². The molecule has 1 aromatic rings. The lowest BCUT2D eigenvalue weighted by atomic mass is 10.1. The summed E-state index contributed by atoms with van der Waals surface area (Å²) in [5, 5.41) is 0.610. The van der Waals surface area contributed by atoms with Gasteiger partial charge in [0.15, 0.2) is 0 Å². The van der Waals surface area contributed by atoms with Crippen LogP contribution in [-0.4, -0.2) is 23.9 Å². The predicted octanol–water partition coefficient (Wildman–Crippen LogP) is 0.418. The van der Waals surface area contributed by atoms with Gasteiger partial charge in [-0.15, -0.1) is 0 Å². The summed E-state index contributed by atoms with van der Waals surface area (Å²) >= 11 is 11.5. The third-order valence-electron chi connectivity index (χ3n) is 2.10. The molecular formula is C11H10Cl2N2O4. The molecule has 8 heteroatoms. The minimum atomic E-state index is -1.78. The first-order chi connectivity index (χ1) is 8.81. The summed E-state index contributed by atoms with van der Waals surface area (Å²) < 4.78 is 4.58. The van der Waals surface area contributed by atoms with E-state index < -0.39 is 23.9 Å². The van der Waals surface area contributed by atoms with Crippen molar-refractivity contribution in [2.24, 2.45) is 11.5 Å². The van der Waals surface area contributed by atoms with E-state index in [2.05, 4.69) is 4.74 Å². The molecule has 19 heavy (non-hydrogen) atoms. The number of esters is 1. The van der Waals surface area contributed by atoms with E-state index in [0.29, 0.717) is 10.6 Å². The Labute approximate surface area is 118 Å². The van der Waals surface area contributed by atoms with Crippen molar-refractivity contribution in [3.05, 3.63) is 33.8 Å². The highest BCUT2D eigenvalue weighted by Crippen LogP contribution is 2.22. The van der Waals surface area contributed by atoms with Gasteiger partial charge in [0.25, 0.3) is 17.9 Å². The first-order valence-corrected chi connectivity index (χ1v) is 5.79. The molecular weight excluding hydrogens is 295 g/mol. The fraction of sp³-hybridized carbons (Fsp3) is 0.182. The second kappa shape index (κ2) is 6.40. The molecule has 2 amide bonds. The van der Waals surface area contributed by atoms with Crippen LogP contribution in [0.1, 0.15) is 5.56 Å². The van der Waals surface area contributed by atoms with Crippen LogP contribution in [0.2, 0.25) is 10.0 Å². The maximum Gasteiger partial charge on any atom is 0.311 e. The fourth-order valence-corrected chi connectivity index (χ4v) is 1.57. The summed E-state index contributed by atoms with van der Waals surface area (Å²) in [6.07, 6.45) is -1.98. The van der Waals surface area contributed by atoms with Crippen LogP contribution in [0.3, 0.4) is 0 Å². The Kier molecular flexibility index (Phi) is 5.14. The molecule has 1 aromatic carbocycles. The number of carbonyl (C=O) groups excluding carboxylic acids is 3. The average molecular weight is 305 g/mol. The van der Waals surface area contributed by atoms with E-state index in [0.717, 1.165) is 0 Å². The minimum absolute atomic E-state index is 0.200. The second-order valence-electron chi connectivity index (χ2n) is 3.60. The molecule has 0 fully saturated rings. The van der Waals surface area contributed by atoms with Crippen molar-refractivity contribution in [3.8, 4) is 0 Å². The summed E-state index contributed by atoms with van der Waals surface area (Å²) in [7, 11) is 0. The van der Waals surface area contributed by atoms with Crippen LogP contribution in [-0.2, 0) is 25.5 Å². The van der Waals surface area contributed by atoms with Crippen molar-refractivity contribution in [2.45, 2.75) is 12.5 Å². The molecule has 0 bridgehead atoms. The van der Waals surface area contributed by atoms with Crippen molar-refractivity contribution in [1.29, 1.82) is 0 Å². The van der Waals surface area contributed by atoms with Crippen LogP contribution >= 0.6 is 23.2 Å². The van der Waals surface area contributed by atoms with Crippen molar-refractivity contribution < 1.29 is 19.1 Å². The van der Waals surface area contributed by atoms with E-state index >= 15 is 0 Å². The highest BCUT2D eigenvalue weighted by Gasteiger charge is 2.26. The Hall–Kier alpha value is -1.79. The smallest absolute Gasteiger partial charge is 0.311 e. The number of hydrogen-bond acceptors (Lipinski definition) is 4. The lowest BCUT2D eigenvalue weighted by Gasteiger charge is -2.11. The molecule has 6 nitrogen and oxygen atoms in total. The lowest BCUT2D eigenvalue weighted by molar-refractivity contribution is -0.159. The highest BCUT2D eigenvalue weighted by molar-refractivity contribution is 6.42. The van der Waals surface area contributed by atoms with Crippen LogP contribution in [0, 0.1) is 0 Å². The zero-order chi connectivity index (χ0) is 14.6. The Bertz CT molecular complexity index is 519. The number of nitrogens with two attached hydrogens (primary N) is 2. The van der Waals surface area contributed by atoms with E-state index in [1.165, 1.54) is 12.1 Å². The summed E-state index contributed by atoms with van der Waals surface area (Å²) in [6.45, 7) is 0. The minimum Gasteiger partial charge on any atom is -0.442 e. The third kappa shape index (κ3) is 4.42. The SMILES string of the molecule is NC(=O)C(OC(=O)Cc1ccc(Cl)c(Cl)c1)C(N)=O. The van der Waals surface area contributed by atoms with Gasteiger partial charge in [-0.2, -0.15) is 0 Å². The van der Waals surface area contributed by atoms with E-state index in [1.807, 2.05) is 0 Å². The van der Waals surface area contributed by atoms with Gasteiger partial charge in [0.2, 0.25) is 0 Å². The molecule has 0 atom stereocenters. The Morgan fingerprint density at radius 1 is 1.11 bits per heavy atom. The summed E-state index contributed by atoms with van der Waals surface area (Å²) in [4.78, 5) is 33.2. The lowest BCUT2D eigenvalue weighted by Crippen LogP contribution is -2.43. The normalized spacial score (nSPS) is 10.3. The standard InChI is InChI=1S/C11H10Cl2N2O4/c12-6-2-1-5(3-7(6)13)4-8(16)19-9(10(14)17)11(15)18/h1-3,9H,4H2,(H2,14,17)(H2,15,18). The van der Waals surface area contributed by atoms with Gasteiger partial charge in [-0.25, -0.2) is 0 Å². The topological polar surface area (TPSA) is 112 Å². The molecule has 0 saturated heterocycles. The van der Waals surface area contributed by atoms with Gasteiger partial charge in [0.1, 0.15) is 0 Å². The quantitative estimate of drug-likeness (QED) is 0.606. The number of amides is 2. The highest BCUT2D eigenvalue weighted by atomic mass is 35.5. The molecule has 0 spiro atoms. The number of hydrogen-bond donors (Lipinski definition) is 2. The Balaban J connectivity index is 2.71. The predicted molar refractivity (Wildman–Crippen MR) is 68.4 cm³/mol. The van der Waals surface area contributed by atoms with Crippen LogP contribution < -0.4 is 11.5 Å². The maximum atomic E-state index is 11.5. The largest absolute Gasteiger partial charge is 0.442 e. The van der Waals surface area contributed by atoms with Crippen molar-refractivity contribution in [2.75, 3.05) is 0 Å². The summed E-state index contributed by atoms with van der Waals surface area (Å²) in [6, 6.07) is 4.53. The van der Waals surface area contributed by atoms with Crippen molar-refractivity contribution in [3.63, 3.8) is 0 Å². The van der Waals surface area contributed by atoms with Crippen LogP contribution in [0.15, 0.2) is 18.2 Å². The fourth-order valence-electron chi connectivity index (χ4n) is 1.25. The zero-order valence-corrected chi connectivity index (χ0v) is 11.1. The molecule has 0 heterocycles. The van der Waals surface area contributed by atoms with Crippen LogP contribution in [0.5, 0.6) is 0 Å². The van der Waals surface area contributed by atoms with Gasteiger partial charge < -0.3 is 16.2 Å². The monoisotopic (exact) mass is 304 g/mol. The summed E-state index contributed by atoms with van der Waals surface area (Å²) in [5.41, 5.74) is 10.2. The Morgan fingerprint density at radius 2 is 1.68 bits per heavy atom. The third-order valence-corrected chi connectivity index (χ3v) is 2.84. The first-order valence-electron chi connectivity index (χ1n) is 5.03. The number of benzene rings is 1. The Morgan fingerprint density at radius 3 is 2.16 bits per heavy atom. The number of rotatable bonds is 5. The van der Waals surface area contributed by atoms with Gasteiger partial charge in [-0.05, 0) is 17.7 Å². The molecule has 0 saturated carbocycles. The number of primary amides is 2. The van der Waals surface area contributed by atoms with Gasteiger partial charge >= 0.3 is 5.97 Å². The average Bonchev–Trinajstić information content (AvgIpc) is 2.30. The molecule has 0 aliphatic carbocycles. The molecule has 1 rings (SSSR count).